The number of nitrogens with one attached hydrogen (secondary N) is 1. The molecule has 2 amide bonds. The number of methoxy groups -OCH3 is 1. The van der Waals surface area contributed by atoms with Crippen molar-refractivity contribution in [3.8, 4) is 5.75 Å². The van der Waals surface area contributed by atoms with E-state index < -0.39 is 5.91 Å². The predicted octanol–water partition coefficient (Wildman–Crippen LogP) is 0.488. The highest BCUT2D eigenvalue weighted by Crippen LogP contribution is 2.13. The molecule has 5 heteroatoms. The molecular weight excluding hydrogens is 208 g/mol. The first-order chi connectivity index (χ1) is 7.69. The molecule has 1 aromatic carbocycles. The maximum Gasteiger partial charge on any atom is 0.257 e. The van der Waals surface area contributed by atoms with Gasteiger partial charge >= 0.3 is 0 Å². The summed E-state index contributed by atoms with van der Waals surface area (Å²) in [6.07, 6.45) is -0.187. The number of nitrogens with zero attached hydrogens (tertiary/aromatic N) is 1. The van der Waals surface area contributed by atoms with Crippen LogP contribution in [0.5, 0.6) is 5.75 Å². The topological polar surface area (TPSA) is 67.8 Å². The molecule has 16 heavy (non-hydrogen) atoms. The van der Waals surface area contributed by atoms with Gasteiger partial charge in [0.15, 0.2) is 0 Å². The average molecular weight is 218 g/mol. The number of carbonyl (C=O) groups is 2. The quantitative estimate of drug-likeness (QED) is 0.734. The van der Waals surface area contributed by atoms with Crippen molar-refractivity contribution in [2.24, 2.45) is 4.99 Å². The van der Waals surface area contributed by atoms with Gasteiger partial charge in [0.25, 0.3) is 5.91 Å². The van der Waals surface area contributed by atoms with Crippen LogP contribution in [0, 0.1) is 0 Å². The van der Waals surface area contributed by atoms with E-state index in [0.29, 0.717) is 11.3 Å². The van der Waals surface area contributed by atoms with Crippen LogP contribution < -0.4 is 10.1 Å². The smallest absolute Gasteiger partial charge is 0.257 e. The van der Waals surface area contributed by atoms with Gasteiger partial charge in [-0.1, -0.05) is 12.1 Å². The van der Waals surface area contributed by atoms with Crippen LogP contribution in [0.2, 0.25) is 0 Å². The number of hydrogen-bond acceptors (Lipinski definition) is 3. The van der Waals surface area contributed by atoms with Crippen LogP contribution >= 0.6 is 0 Å². The molecule has 0 saturated carbocycles. The van der Waals surface area contributed by atoms with E-state index in [9.17, 15) is 9.59 Å². The summed E-state index contributed by atoms with van der Waals surface area (Å²) in [4.78, 5) is 26.1. The van der Waals surface area contributed by atoms with Crippen LogP contribution in [0.4, 0.5) is 0 Å². The van der Waals surface area contributed by atoms with Crippen LogP contribution in [-0.4, -0.2) is 24.8 Å². The molecular formula is C11H10N2O3. The van der Waals surface area contributed by atoms with Gasteiger partial charge in [0.1, 0.15) is 18.0 Å². The maximum atomic E-state index is 11.2. The van der Waals surface area contributed by atoms with Gasteiger partial charge < -0.3 is 10.1 Å². The van der Waals surface area contributed by atoms with Gasteiger partial charge in [0.05, 0.1) is 7.11 Å². The van der Waals surface area contributed by atoms with Gasteiger partial charge in [-0.3, -0.25) is 9.59 Å². The first kappa shape index (κ1) is 10.4. The van der Waals surface area contributed by atoms with Crippen molar-refractivity contribution in [3.63, 3.8) is 0 Å². The summed E-state index contributed by atoms with van der Waals surface area (Å²) in [6, 6.07) is 7.00. The van der Waals surface area contributed by atoms with Gasteiger partial charge in [-0.2, -0.15) is 4.99 Å². The molecule has 2 rings (SSSR count). The monoisotopic (exact) mass is 218 g/mol. The highest BCUT2D eigenvalue weighted by Gasteiger charge is 2.19. The lowest BCUT2D eigenvalue weighted by molar-refractivity contribution is -0.127. The summed E-state index contributed by atoms with van der Waals surface area (Å²) >= 11 is 0. The van der Waals surface area contributed by atoms with Gasteiger partial charge in [-0.15, -0.1) is 0 Å². The van der Waals surface area contributed by atoms with Gasteiger partial charge in [0, 0.05) is 5.56 Å². The number of hydrogen-bond donors (Lipinski definition) is 1. The zero-order valence-electron chi connectivity index (χ0n) is 8.69. The molecule has 0 fully saturated rings. The number of amides is 2. The van der Waals surface area contributed by atoms with Gasteiger partial charge in [0.2, 0.25) is 5.91 Å². The van der Waals surface area contributed by atoms with Crippen molar-refractivity contribution in [2.45, 2.75) is 6.42 Å². The molecule has 1 aliphatic rings. The third-order valence-electron chi connectivity index (χ3n) is 2.15. The Morgan fingerprint density at radius 2 is 2.19 bits per heavy atom. The van der Waals surface area contributed by atoms with Crippen LogP contribution in [0.15, 0.2) is 29.3 Å². The third-order valence-corrected chi connectivity index (χ3v) is 2.15. The van der Waals surface area contributed by atoms with E-state index in [2.05, 4.69) is 10.3 Å². The van der Waals surface area contributed by atoms with Crippen LogP contribution in [0.25, 0.3) is 0 Å². The van der Waals surface area contributed by atoms with E-state index >= 15 is 0 Å². The minimum absolute atomic E-state index is 0.187. The Kier molecular flexibility index (Phi) is 2.68. The molecule has 0 aliphatic carbocycles. The number of aliphatic imine (C=N–C) groups is 1. The minimum Gasteiger partial charge on any atom is -0.497 e. The Balaban J connectivity index is 2.36. The molecule has 1 N–H and O–H groups in total. The van der Waals surface area contributed by atoms with Crippen molar-refractivity contribution in [1.82, 2.24) is 5.32 Å². The SMILES string of the molecule is COc1cccc(C2=NC(=O)CC(=O)N2)c1. The molecule has 0 unspecified atom stereocenters. The van der Waals surface area contributed by atoms with Crippen LogP contribution in [0.1, 0.15) is 12.0 Å². The van der Waals surface area contributed by atoms with E-state index in [-0.39, 0.29) is 18.2 Å². The summed E-state index contributed by atoms with van der Waals surface area (Å²) in [5.41, 5.74) is 0.653. The van der Waals surface area contributed by atoms with Crippen molar-refractivity contribution in [3.05, 3.63) is 29.8 Å². The molecule has 0 radical (unpaired) electrons. The van der Waals surface area contributed by atoms with Crippen molar-refractivity contribution in [2.75, 3.05) is 7.11 Å². The highest BCUT2D eigenvalue weighted by atomic mass is 16.5. The second-order valence-electron chi connectivity index (χ2n) is 3.31. The molecule has 82 valence electrons. The summed E-state index contributed by atoms with van der Waals surface area (Å²) in [5.74, 6) is 0.159. The largest absolute Gasteiger partial charge is 0.497 e. The van der Waals surface area contributed by atoms with E-state index in [1.807, 2.05) is 0 Å². The molecule has 1 heterocycles. The Morgan fingerprint density at radius 3 is 2.88 bits per heavy atom. The normalized spacial score (nSPS) is 15.4. The van der Waals surface area contributed by atoms with Gasteiger partial charge in [-0.05, 0) is 12.1 Å². The second kappa shape index (κ2) is 4.14. The van der Waals surface area contributed by atoms with E-state index in [1.54, 1.807) is 31.4 Å². The second-order valence-corrected chi connectivity index (χ2v) is 3.31. The number of carbonyl (C=O) groups excluding carboxylic acids is 2. The number of rotatable bonds is 2. The average Bonchev–Trinajstić information content (AvgIpc) is 2.28. The standard InChI is InChI=1S/C11H10N2O3/c1-16-8-4-2-3-7(5-8)11-12-9(14)6-10(15)13-11/h2-5H,6H2,1H3,(H,12,13,14,15). The Labute approximate surface area is 92.1 Å². The molecule has 5 nitrogen and oxygen atoms in total. The summed E-state index contributed by atoms with van der Waals surface area (Å²) in [7, 11) is 1.55. The zero-order chi connectivity index (χ0) is 11.5. The van der Waals surface area contributed by atoms with E-state index in [1.165, 1.54) is 0 Å². The Morgan fingerprint density at radius 1 is 1.38 bits per heavy atom. The van der Waals surface area contributed by atoms with Gasteiger partial charge in [-0.25, -0.2) is 0 Å². The molecule has 0 spiro atoms. The number of amidine groups is 1. The van der Waals surface area contributed by atoms with E-state index in [4.69, 9.17) is 4.74 Å². The Bertz CT molecular complexity index is 480. The summed E-state index contributed by atoms with van der Waals surface area (Å²) in [5, 5.41) is 2.55. The van der Waals surface area contributed by atoms with Crippen LogP contribution in [0.3, 0.4) is 0 Å². The fourth-order valence-corrected chi connectivity index (χ4v) is 1.41. The molecule has 1 aliphatic heterocycles. The van der Waals surface area contributed by atoms with Crippen LogP contribution in [-0.2, 0) is 9.59 Å². The molecule has 1 aromatic rings. The lowest BCUT2D eigenvalue weighted by Gasteiger charge is -2.12. The molecule has 0 saturated heterocycles. The van der Waals surface area contributed by atoms with Crippen molar-refractivity contribution < 1.29 is 14.3 Å². The summed E-state index contributed by atoms with van der Waals surface area (Å²) in [6.45, 7) is 0. The number of ether oxygens (including phenoxy) is 1. The fourth-order valence-electron chi connectivity index (χ4n) is 1.41. The lowest BCUT2D eigenvalue weighted by Crippen LogP contribution is -2.37. The van der Waals surface area contributed by atoms with E-state index in [0.717, 1.165) is 0 Å². The molecule has 0 atom stereocenters. The maximum absolute atomic E-state index is 11.2. The predicted molar refractivity (Wildman–Crippen MR) is 57.3 cm³/mol. The molecule has 0 bridgehead atoms. The number of benzene rings is 1. The minimum atomic E-state index is -0.429. The molecule has 0 aromatic heterocycles. The zero-order valence-corrected chi connectivity index (χ0v) is 8.69. The van der Waals surface area contributed by atoms with Crippen molar-refractivity contribution >= 4 is 17.6 Å². The lowest BCUT2D eigenvalue weighted by atomic mass is 10.1. The first-order valence-corrected chi connectivity index (χ1v) is 4.75. The first-order valence-electron chi connectivity index (χ1n) is 4.75. The Hall–Kier alpha value is -2.17. The highest BCUT2D eigenvalue weighted by molar-refractivity contribution is 6.19. The fraction of sp³-hybridized carbons (Fsp3) is 0.182. The van der Waals surface area contributed by atoms with Crippen molar-refractivity contribution in [1.29, 1.82) is 0 Å². The summed E-state index contributed by atoms with van der Waals surface area (Å²) < 4.78 is 5.05. The third kappa shape index (κ3) is 2.08.